The summed E-state index contributed by atoms with van der Waals surface area (Å²) in [5.41, 5.74) is 4.78. The maximum absolute atomic E-state index is 12.1. The van der Waals surface area contributed by atoms with Gasteiger partial charge in [0.25, 0.3) is 0 Å². The first-order chi connectivity index (χ1) is 16.4. The van der Waals surface area contributed by atoms with Gasteiger partial charge in [0.2, 0.25) is 11.5 Å². The van der Waals surface area contributed by atoms with Crippen molar-refractivity contribution in [3.8, 4) is 17.5 Å². The van der Waals surface area contributed by atoms with Crippen molar-refractivity contribution in [2.75, 3.05) is 12.3 Å². The van der Waals surface area contributed by atoms with Crippen molar-refractivity contribution in [1.29, 1.82) is 5.26 Å². The number of esters is 1. The Bertz CT molecular complexity index is 1190. The molecule has 4 heterocycles. The van der Waals surface area contributed by atoms with Crippen LogP contribution in [0.4, 0.5) is 5.82 Å². The lowest BCUT2D eigenvalue weighted by Crippen LogP contribution is -2.41. The Balaban J connectivity index is 1.62. The molecule has 0 aromatic carbocycles. The third-order valence-electron chi connectivity index (χ3n) is 5.89. The molecule has 4 N–H and O–H groups in total. The SMILES string of the molecule is CCCCCCC(=O)OC[C@H]1O[C@@](C#N)(c2cc(-c3ncco3)c3c(N)ncnn23)[C@H](O)[C@@H]1O. The highest BCUT2D eigenvalue weighted by atomic mass is 16.6. The molecule has 3 aromatic heterocycles. The van der Waals surface area contributed by atoms with Crippen LogP contribution in [0.2, 0.25) is 0 Å². The molecule has 0 saturated carbocycles. The zero-order valence-electron chi connectivity index (χ0n) is 18.6. The molecular formula is C22H26N6O6. The topological polar surface area (TPSA) is 182 Å². The number of ether oxygens (including phenoxy) is 2. The highest BCUT2D eigenvalue weighted by molar-refractivity contribution is 5.85. The third-order valence-corrected chi connectivity index (χ3v) is 5.89. The molecule has 3 aromatic rings. The van der Waals surface area contributed by atoms with Gasteiger partial charge >= 0.3 is 5.97 Å². The van der Waals surface area contributed by atoms with Gasteiger partial charge < -0.3 is 29.8 Å². The molecule has 4 atom stereocenters. The van der Waals surface area contributed by atoms with E-state index < -0.39 is 29.9 Å². The fraction of sp³-hybridized carbons (Fsp3) is 0.500. The van der Waals surface area contributed by atoms with Gasteiger partial charge in [0.1, 0.15) is 49.1 Å². The minimum absolute atomic E-state index is 0.0872. The second-order valence-electron chi connectivity index (χ2n) is 8.12. The fourth-order valence-corrected chi connectivity index (χ4v) is 4.11. The first kappa shape index (κ1) is 23.6. The quantitative estimate of drug-likeness (QED) is 0.303. The summed E-state index contributed by atoms with van der Waals surface area (Å²) < 4.78 is 17.8. The lowest BCUT2D eigenvalue weighted by molar-refractivity contribution is -0.150. The number of aromatic nitrogens is 4. The fourth-order valence-electron chi connectivity index (χ4n) is 4.11. The number of anilines is 1. The number of nitrogen functional groups attached to an aromatic ring is 1. The molecule has 12 nitrogen and oxygen atoms in total. The number of nitrogens with two attached hydrogens (primary N) is 1. The van der Waals surface area contributed by atoms with Crippen molar-refractivity contribution in [2.24, 2.45) is 0 Å². The summed E-state index contributed by atoms with van der Waals surface area (Å²) in [5.74, 6) is -0.153. The summed E-state index contributed by atoms with van der Waals surface area (Å²) in [6.45, 7) is 1.76. The number of fused-ring (bicyclic) bond motifs is 1. The molecule has 0 spiro atoms. The van der Waals surface area contributed by atoms with Gasteiger partial charge in [-0.15, -0.1) is 0 Å². The molecule has 0 unspecified atom stereocenters. The highest BCUT2D eigenvalue weighted by Gasteiger charge is 2.58. The maximum atomic E-state index is 12.1. The van der Waals surface area contributed by atoms with Crippen LogP contribution < -0.4 is 5.73 Å². The van der Waals surface area contributed by atoms with Crippen molar-refractivity contribution in [2.45, 2.75) is 62.9 Å². The predicted octanol–water partition coefficient (Wildman–Crippen LogP) is 1.32. The van der Waals surface area contributed by atoms with E-state index in [1.165, 1.54) is 29.4 Å². The number of nitrogens with zero attached hydrogens (tertiary/aromatic N) is 5. The number of nitriles is 1. The summed E-state index contributed by atoms with van der Waals surface area (Å²) in [6.07, 6.45) is 3.64. The number of hydrogen-bond donors (Lipinski definition) is 3. The average molecular weight is 470 g/mol. The van der Waals surface area contributed by atoms with Gasteiger partial charge in [-0.3, -0.25) is 4.79 Å². The van der Waals surface area contributed by atoms with Crippen LogP contribution in [0.3, 0.4) is 0 Å². The zero-order chi connectivity index (χ0) is 24.3. The number of unbranched alkanes of at least 4 members (excludes halogenated alkanes) is 3. The van der Waals surface area contributed by atoms with Gasteiger partial charge in [-0.1, -0.05) is 26.2 Å². The number of aliphatic hydroxyl groups excluding tert-OH is 2. The second kappa shape index (κ2) is 9.76. The van der Waals surface area contributed by atoms with Crippen LogP contribution in [-0.2, 0) is 19.9 Å². The molecule has 0 amide bonds. The van der Waals surface area contributed by atoms with Crippen LogP contribution in [0.1, 0.15) is 44.7 Å². The van der Waals surface area contributed by atoms with E-state index >= 15 is 0 Å². The normalized spacial score (nSPS) is 24.4. The van der Waals surface area contributed by atoms with Crippen molar-refractivity contribution >= 4 is 17.3 Å². The van der Waals surface area contributed by atoms with Gasteiger partial charge in [-0.05, 0) is 12.5 Å². The number of carbonyl (C=O) groups excluding carboxylic acids is 1. The first-order valence-corrected chi connectivity index (χ1v) is 11.1. The zero-order valence-corrected chi connectivity index (χ0v) is 18.6. The molecule has 0 bridgehead atoms. The van der Waals surface area contributed by atoms with Crippen LogP contribution in [0.25, 0.3) is 17.0 Å². The van der Waals surface area contributed by atoms with Crippen LogP contribution in [0.5, 0.6) is 0 Å². The summed E-state index contributed by atoms with van der Waals surface area (Å²) >= 11 is 0. The Kier molecular flexibility index (Phi) is 6.78. The second-order valence-corrected chi connectivity index (χ2v) is 8.12. The number of carbonyl (C=O) groups is 1. The lowest BCUT2D eigenvalue weighted by Gasteiger charge is -2.24. The smallest absolute Gasteiger partial charge is 0.305 e. The first-order valence-electron chi connectivity index (χ1n) is 11.1. The predicted molar refractivity (Wildman–Crippen MR) is 117 cm³/mol. The van der Waals surface area contributed by atoms with E-state index in [4.69, 9.17) is 19.6 Å². The van der Waals surface area contributed by atoms with E-state index in [-0.39, 0.29) is 30.4 Å². The van der Waals surface area contributed by atoms with Gasteiger partial charge in [-0.2, -0.15) is 10.4 Å². The molecule has 1 aliphatic rings. The Labute approximate surface area is 194 Å². The third kappa shape index (κ3) is 4.09. The minimum atomic E-state index is -2.04. The average Bonchev–Trinajstić information content (AvgIpc) is 3.55. The Morgan fingerprint density at radius 2 is 2.18 bits per heavy atom. The van der Waals surface area contributed by atoms with Crippen molar-refractivity contribution < 1.29 is 28.9 Å². The van der Waals surface area contributed by atoms with E-state index in [0.29, 0.717) is 17.5 Å². The Morgan fingerprint density at radius 1 is 1.35 bits per heavy atom. The highest BCUT2D eigenvalue weighted by Crippen LogP contribution is 2.43. The number of aliphatic hydroxyl groups is 2. The molecule has 4 rings (SSSR count). The molecule has 34 heavy (non-hydrogen) atoms. The molecule has 0 radical (unpaired) electrons. The molecular weight excluding hydrogens is 444 g/mol. The molecule has 12 heteroatoms. The van der Waals surface area contributed by atoms with E-state index in [1.807, 2.05) is 6.07 Å². The molecule has 1 aliphatic heterocycles. The van der Waals surface area contributed by atoms with Crippen LogP contribution in [0.15, 0.2) is 29.3 Å². The summed E-state index contributed by atoms with van der Waals surface area (Å²) in [4.78, 5) is 20.2. The number of oxazole rings is 1. The van der Waals surface area contributed by atoms with Gasteiger partial charge in [0, 0.05) is 6.42 Å². The van der Waals surface area contributed by atoms with Gasteiger partial charge in [0.05, 0.1) is 17.5 Å². The summed E-state index contributed by atoms with van der Waals surface area (Å²) in [7, 11) is 0. The molecule has 180 valence electrons. The summed E-state index contributed by atoms with van der Waals surface area (Å²) in [5, 5.41) is 35.8. The number of rotatable bonds is 9. The van der Waals surface area contributed by atoms with Crippen molar-refractivity contribution in [1.82, 2.24) is 19.6 Å². The maximum Gasteiger partial charge on any atom is 0.305 e. The van der Waals surface area contributed by atoms with E-state index in [2.05, 4.69) is 22.0 Å². The van der Waals surface area contributed by atoms with Crippen LogP contribution >= 0.6 is 0 Å². The van der Waals surface area contributed by atoms with Gasteiger partial charge in [0.15, 0.2) is 5.82 Å². The number of hydrogen-bond acceptors (Lipinski definition) is 11. The monoisotopic (exact) mass is 470 g/mol. The van der Waals surface area contributed by atoms with Crippen LogP contribution in [0, 0.1) is 11.3 Å². The minimum Gasteiger partial charge on any atom is -0.463 e. The van der Waals surface area contributed by atoms with E-state index in [1.54, 1.807) is 0 Å². The van der Waals surface area contributed by atoms with Gasteiger partial charge in [-0.25, -0.2) is 14.5 Å². The standard InChI is InChI=1S/C22H26N6O6/c1-2-3-4-5-6-16(29)33-10-14-18(30)19(31)22(11-23,34-14)15-9-13(21-25-7-8-32-21)17-20(24)26-12-27-28(15)17/h7-9,12,14,18-19,30-31H,2-6,10H2,1H3,(H2,24,26,27)/t14-,18-,19-,22+/m1/s1. The van der Waals surface area contributed by atoms with E-state index in [0.717, 1.165) is 19.3 Å². The van der Waals surface area contributed by atoms with E-state index in [9.17, 15) is 20.3 Å². The van der Waals surface area contributed by atoms with Crippen LogP contribution in [-0.4, -0.2) is 60.7 Å². The van der Waals surface area contributed by atoms with Crippen molar-refractivity contribution in [3.05, 3.63) is 30.5 Å². The Morgan fingerprint density at radius 3 is 2.88 bits per heavy atom. The molecule has 1 fully saturated rings. The van der Waals surface area contributed by atoms with Crippen molar-refractivity contribution in [3.63, 3.8) is 0 Å². The largest absolute Gasteiger partial charge is 0.463 e. The lowest BCUT2D eigenvalue weighted by atomic mass is 9.92. The summed E-state index contributed by atoms with van der Waals surface area (Å²) in [6, 6.07) is 3.46. The molecule has 1 saturated heterocycles. The Hall–Kier alpha value is -3.53. The molecule has 0 aliphatic carbocycles.